The Bertz CT molecular complexity index is 1040. The third-order valence-electron chi connectivity index (χ3n) is 3.11. The van der Waals surface area contributed by atoms with Gasteiger partial charge in [0, 0.05) is 11.1 Å². The van der Waals surface area contributed by atoms with Crippen LogP contribution in [-0.2, 0) is 9.84 Å². The summed E-state index contributed by atoms with van der Waals surface area (Å²) in [6.07, 6.45) is 0.841. The Morgan fingerprint density at radius 1 is 1.24 bits per heavy atom. The molecular weight excluding hydrogens is 388 g/mol. The smallest absolute Gasteiger partial charge is 0.239 e. The van der Waals surface area contributed by atoms with Crippen LogP contribution in [0.2, 0.25) is 5.02 Å². The predicted octanol–water partition coefficient (Wildman–Crippen LogP) is 2.53. The van der Waals surface area contributed by atoms with E-state index in [0.29, 0.717) is 5.02 Å². The maximum Gasteiger partial charge on any atom is 0.239 e. The SMILES string of the molecule is O=C(C=C(O)c1nn[nH]n1)c1ccsc1S(=O)(=O)c1ccc(Cl)cc1. The monoisotopic (exact) mass is 396 g/mol. The van der Waals surface area contributed by atoms with Crippen LogP contribution < -0.4 is 0 Å². The first-order chi connectivity index (χ1) is 11.9. The summed E-state index contributed by atoms with van der Waals surface area (Å²) < 4.78 is 25.3. The van der Waals surface area contributed by atoms with Crippen molar-refractivity contribution in [3.8, 4) is 0 Å². The van der Waals surface area contributed by atoms with Gasteiger partial charge in [0.05, 0.1) is 10.5 Å². The van der Waals surface area contributed by atoms with Crippen LogP contribution in [0.15, 0.2) is 50.9 Å². The second-order valence-electron chi connectivity index (χ2n) is 4.71. The maximum atomic E-state index is 12.7. The van der Waals surface area contributed by atoms with Gasteiger partial charge in [-0.15, -0.1) is 21.5 Å². The molecule has 0 aliphatic carbocycles. The fourth-order valence-electron chi connectivity index (χ4n) is 1.94. The molecule has 0 spiro atoms. The van der Waals surface area contributed by atoms with Gasteiger partial charge in [0.2, 0.25) is 15.7 Å². The number of hydrogen-bond acceptors (Lipinski definition) is 8. The lowest BCUT2D eigenvalue weighted by Crippen LogP contribution is -2.06. The molecule has 1 aromatic carbocycles. The van der Waals surface area contributed by atoms with Gasteiger partial charge < -0.3 is 5.11 Å². The molecule has 0 saturated carbocycles. The number of benzene rings is 1. The van der Waals surface area contributed by atoms with Crippen LogP contribution in [0.4, 0.5) is 0 Å². The normalized spacial score (nSPS) is 12.3. The van der Waals surface area contributed by atoms with Crippen molar-refractivity contribution in [3.05, 3.63) is 58.2 Å². The second-order valence-corrected chi connectivity index (χ2v) is 8.21. The Balaban J connectivity index is 1.99. The van der Waals surface area contributed by atoms with E-state index in [1.165, 1.54) is 35.7 Å². The van der Waals surface area contributed by atoms with E-state index in [9.17, 15) is 18.3 Å². The number of aromatic amines is 1. The molecule has 25 heavy (non-hydrogen) atoms. The van der Waals surface area contributed by atoms with Crippen LogP contribution in [0.3, 0.4) is 0 Å². The van der Waals surface area contributed by atoms with E-state index in [2.05, 4.69) is 20.6 Å². The molecule has 3 rings (SSSR count). The summed E-state index contributed by atoms with van der Waals surface area (Å²) in [6.45, 7) is 0. The summed E-state index contributed by atoms with van der Waals surface area (Å²) in [5.74, 6) is -1.40. The molecule has 0 aliphatic heterocycles. The van der Waals surface area contributed by atoms with Crippen molar-refractivity contribution in [3.63, 3.8) is 0 Å². The average molecular weight is 397 g/mol. The number of aliphatic hydroxyl groups is 1. The van der Waals surface area contributed by atoms with Crippen LogP contribution >= 0.6 is 22.9 Å². The van der Waals surface area contributed by atoms with Crippen LogP contribution in [0.5, 0.6) is 0 Å². The van der Waals surface area contributed by atoms with Crippen molar-refractivity contribution >= 4 is 44.3 Å². The van der Waals surface area contributed by atoms with Crippen molar-refractivity contribution < 1.29 is 18.3 Å². The van der Waals surface area contributed by atoms with Gasteiger partial charge >= 0.3 is 0 Å². The number of halogens is 1. The molecule has 0 bridgehead atoms. The molecule has 0 amide bonds. The summed E-state index contributed by atoms with van der Waals surface area (Å²) >= 11 is 6.68. The van der Waals surface area contributed by atoms with E-state index >= 15 is 0 Å². The van der Waals surface area contributed by atoms with Gasteiger partial charge in [-0.2, -0.15) is 5.21 Å². The van der Waals surface area contributed by atoms with E-state index in [1.807, 2.05) is 0 Å². The molecule has 3 aromatic rings. The molecule has 0 fully saturated rings. The van der Waals surface area contributed by atoms with Crippen molar-refractivity contribution in [2.45, 2.75) is 9.10 Å². The Morgan fingerprint density at radius 2 is 1.96 bits per heavy atom. The zero-order valence-electron chi connectivity index (χ0n) is 12.2. The number of hydrogen-bond donors (Lipinski definition) is 2. The first kappa shape index (κ1) is 17.3. The van der Waals surface area contributed by atoms with Gasteiger partial charge in [-0.1, -0.05) is 11.6 Å². The second kappa shape index (κ2) is 6.75. The molecule has 2 aromatic heterocycles. The number of rotatable bonds is 5. The molecule has 8 nitrogen and oxygen atoms in total. The number of aromatic nitrogens is 4. The number of thiophene rings is 1. The number of aliphatic hydroxyl groups excluding tert-OH is 1. The largest absolute Gasteiger partial charge is 0.504 e. The lowest BCUT2D eigenvalue weighted by molar-refractivity contribution is 0.104. The summed E-state index contributed by atoms with van der Waals surface area (Å²) in [5, 5.41) is 24.2. The van der Waals surface area contributed by atoms with Crippen LogP contribution in [0, 0.1) is 0 Å². The van der Waals surface area contributed by atoms with Gasteiger partial charge in [0.1, 0.15) is 4.21 Å². The molecule has 128 valence electrons. The number of sulfone groups is 1. The van der Waals surface area contributed by atoms with E-state index in [1.54, 1.807) is 0 Å². The zero-order chi connectivity index (χ0) is 18.0. The molecule has 0 radical (unpaired) electrons. The third-order valence-corrected chi connectivity index (χ3v) is 6.61. The number of carbonyl (C=O) groups excluding carboxylic acids is 1. The fourth-order valence-corrected chi connectivity index (χ4v) is 4.82. The first-order valence-corrected chi connectivity index (χ1v) is 9.40. The van der Waals surface area contributed by atoms with Crippen molar-refractivity contribution in [2.75, 3.05) is 0 Å². The average Bonchev–Trinajstić information content (AvgIpc) is 3.27. The standard InChI is InChI=1S/C14H9ClN4O4S2/c15-8-1-3-9(4-2-8)25(22,23)14-10(5-6-24-14)11(20)7-12(21)13-16-18-19-17-13/h1-7,21H,(H,16,17,18,19). The number of nitrogens with one attached hydrogen (secondary N) is 1. The van der Waals surface area contributed by atoms with Gasteiger partial charge in [-0.05, 0) is 40.9 Å². The van der Waals surface area contributed by atoms with Crippen molar-refractivity contribution in [2.24, 2.45) is 0 Å². The molecule has 0 saturated heterocycles. The molecule has 2 N–H and O–H groups in total. The van der Waals surface area contributed by atoms with Crippen LogP contribution in [-0.4, -0.2) is 39.9 Å². The zero-order valence-corrected chi connectivity index (χ0v) is 14.6. The predicted molar refractivity (Wildman–Crippen MR) is 90.3 cm³/mol. The van der Waals surface area contributed by atoms with E-state index in [-0.39, 0.29) is 20.5 Å². The Labute approximate surface area is 150 Å². The third kappa shape index (κ3) is 3.45. The van der Waals surface area contributed by atoms with E-state index < -0.39 is 21.4 Å². The number of nitrogens with zero attached hydrogens (tertiary/aromatic N) is 3. The topological polar surface area (TPSA) is 126 Å². The molecule has 0 unspecified atom stereocenters. The van der Waals surface area contributed by atoms with E-state index in [0.717, 1.165) is 17.4 Å². The lowest BCUT2D eigenvalue weighted by Gasteiger charge is -2.04. The Kier molecular flexibility index (Phi) is 4.66. The van der Waals surface area contributed by atoms with Crippen LogP contribution in [0.25, 0.3) is 5.76 Å². The lowest BCUT2D eigenvalue weighted by atomic mass is 10.2. The summed E-state index contributed by atoms with van der Waals surface area (Å²) in [4.78, 5) is 12.4. The number of carbonyl (C=O) groups is 1. The van der Waals surface area contributed by atoms with Gasteiger partial charge in [-0.3, -0.25) is 4.79 Å². The summed E-state index contributed by atoms with van der Waals surface area (Å²) in [5.41, 5.74) is -0.0602. The minimum absolute atomic E-state index is 0.0137. The molecule has 2 heterocycles. The van der Waals surface area contributed by atoms with Gasteiger partial charge in [0.15, 0.2) is 11.5 Å². The Morgan fingerprint density at radius 3 is 2.60 bits per heavy atom. The van der Waals surface area contributed by atoms with Crippen LogP contribution in [0.1, 0.15) is 16.2 Å². The van der Waals surface area contributed by atoms with Gasteiger partial charge in [0.25, 0.3) is 0 Å². The quantitative estimate of drug-likeness (QED) is 0.385. The minimum atomic E-state index is -3.90. The molecular formula is C14H9ClN4O4S2. The number of ketones is 1. The van der Waals surface area contributed by atoms with Gasteiger partial charge in [-0.25, -0.2) is 8.42 Å². The fraction of sp³-hybridized carbons (Fsp3) is 0. The highest BCUT2D eigenvalue weighted by Crippen LogP contribution is 2.30. The van der Waals surface area contributed by atoms with Crippen molar-refractivity contribution in [1.82, 2.24) is 20.6 Å². The highest BCUT2D eigenvalue weighted by atomic mass is 35.5. The van der Waals surface area contributed by atoms with E-state index in [4.69, 9.17) is 11.6 Å². The van der Waals surface area contributed by atoms with Crippen molar-refractivity contribution in [1.29, 1.82) is 0 Å². The highest BCUT2D eigenvalue weighted by molar-refractivity contribution is 7.93. The summed E-state index contributed by atoms with van der Waals surface area (Å²) in [6, 6.07) is 6.99. The number of H-pyrrole nitrogens is 1. The minimum Gasteiger partial charge on any atom is -0.504 e. The highest BCUT2D eigenvalue weighted by Gasteiger charge is 2.26. The number of allylic oxidation sites excluding steroid dienone is 1. The summed E-state index contributed by atoms with van der Waals surface area (Å²) in [7, 11) is -3.90. The molecule has 0 aliphatic rings. The maximum absolute atomic E-state index is 12.7. The Hall–Kier alpha value is -2.56. The molecule has 0 atom stereocenters. The number of tetrazole rings is 1. The molecule has 11 heteroatoms. The first-order valence-electron chi connectivity index (χ1n) is 6.66.